The van der Waals surface area contributed by atoms with Crippen molar-refractivity contribution in [3.63, 3.8) is 0 Å². The molecule has 106 valence electrons. The first-order valence-corrected chi connectivity index (χ1v) is 7.58. The van der Waals surface area contributed by atoms with Crippen LogP contribution in [0.3, 0.4) is 0 Å². The maximum absolute atomic E-state index is 12.7. The van der Waals surface area contributed by atoms with E-state index in [4.69, 9.17) is 5.26 Å². The van der Waals surface area contributed by atoms with Crippen LogP contribution in [0.25, 0.3) is 0 Å². The van der Waals surface area contributed by atoms with E-state index in [-0.39, 0.29) is 16.7 Å². The lowest BCUT2D eigenvalue weighted by molar-refractivity contribution is -0.143. The van der Waals surface area contributed by atoms with E-state index in [1.165, 1.54) is 12.8 Å². The van der Waals surface area contributed by atoms with Crippen LogP contribution in [-0.4, -0.2) is 23.9 Å². The topological polar surface area (TPSA) is 44.1 Å². The van der Waals surface area contributed by atoms with Crippen molar-refractivity contribution < 1.29 is 4.79 Å². The highest BCUT2D eigenvalue weighted by atomic mass is 16.2. The lowest BCUT2D eigenvalue weighted by Crippen LogP contribution is -2.48. The number of likely N-dealkylation sites (tertiary alicyclic amines) is 1. The predicted octanol–water partition coefficient (Wildman–Crippen LogP) is 3.36. The second-order valence-corrected chi connectivity index (χ2v) is 7.28. The third kappa shape index (κ3) is 2.94. The molecule has 0 aromatic heterocycles. The molecule has 2 rings (SSSR count). The van der Waals surface area contributed by atoms with Crippen LogP contribution in [0.1, 0.15) is 59.3 Å². The molecule has 0 bridgehead atoms. The first kappa shape index (κ1) is 14.4. The van der Waals surface area contributed by atoms with Gasteiger partial charge < -0.3 is 4.90 Å². The molecule has 2 fully saturated rings. The van der Waals surface area contributed by atoms with Crippen molar-refractivity contribution in [1.29, 1.82) is 5.26 Å². The number of nitrogens with zero attached hydrogens (tertiary/aromatic N) is 2. The summed E-state index contributed by atoms with van der Waals surface area (Å²) in [5, 5.41) is 9.15. The van der Waals surface area contributed by atoms with Crippen LogP contribution in [0.15, 0.2) is 0 Å². The highest BCUT2D eigenvalue weighted by Crippen LogP contribution is 2.42. The Hall–Kier alpha value is -1.04. The fourth-order valence-electron chi connectivity index (χ4n) is 3.50. The monoisotopic (exact) mass is 262 g/mol. The van der Waals surface area contributed by atoms with Crippen molar-refractivity contribution in [2.24, 2.45) is 16.7 Å². The van der Waals surface area contributed by atoms with Gasteiger partial charge in [-0.1, -0.05) is 26.7 Å². The number of amides is 1. The average Bonchev–Trinajstić information content (AvgIpc) is 2.38. The highest BCUT2D eigenvalue weighted by Gasteiger charge is 2.41. The molecular formula is C16H26N2O. The van der Waals surface area contributed by atoms with Crippen LogP contribution < -0.4 is 0 Å². The molecule has 19 heavy (non-hydrogen) atoms. The van der Waals surface area contributed by atoms with Gasteiger partial charge in [0.25, 0.3) is 0 Å². The van der Waals surface area contributed by atoms with Crippen LogP contribution in [0.4, 0.5) is 0 Å². The Morgan fingerprint density at radius 1 is 1.16 bits per heavy atom. The number of piperidine rings is 1. The van der Waals surface area contributed by atoms with Gasteiger partial charge in [-0.05, 0) is 38.0 Å². The van der Waals surface area contributed by atoms with Crippen LogP contribution in [0.5, 0.6) is 0 Å². The number of hydrogen-bond donors (Lipinski definition) is 0. The van der Waals surface area contributed by atoms with Crippen molar-refractivity contribution in [2.45, 2.75) is 59.3 Å². The van der Waals surface area contributed by atoms with E-state index in [0.29, 0.717) is 5.91 Å². The predicted molar refractivity (Wildman–Crippen MR) is 75.3 cm³/mol. The fraction of sp³-hybridized carbons (Fsp3) is 0.875. The van der Waals surface area contributed by atoms with Gasteiger partial charge in [-0.3, -0.25) is 4.79 Å². The summed E-state index contributed by atoms with van der Waals surface area (Å²) in [5.74, 6) is 0.525. The fourth-order valence-corrected chi connectivity index (χ4v) is 3.50. The Morgan fingerprint density at radius 3 is 2.32 bits per heavy atom. The van der Waals surface area contributed by atoms with Gasteiger partial charge >= 0.3 is 0 Å². The lowest BCUT2D eigenvalue weighted by atomic mass is 9.68. The maximum atomic E-state index is 12.7. The van der Waals surface area contributed by atoms with Crippen molar-refractivity contribution in [2.75, 3.05) is 13.1 Å². The van der Waals surface area contributed by atoms with Crippen LogP contribution >= 0.6 is 0 Å². The van der Waals surface area contributed by atoms with Gasteiger partial charge in [0.15, 0.2) is 0 Å². The standard InChI is InChI=1S/C16H26N2O/c1-15(2)7-5-4-6-13(15)14(19)18-10-8-16(3,12-17)9-11-18/h13H,4-11H2,1-3H3. The third-order valence-corrected chi connectivity index (χ3v) is 5.25. The zero-order chi connectivity index (χ0) is 14.1. The van der Waals surface area contributed by atoms with Crippen LogP contribution in [0.2, 0.25) is 0 Å². The molecule has 2 aliphatic rings. The molecule has 0 N–H and O–H groups in total. The van der Waals surface area contributed by atoms with Gasteiger partial charge in [0.05, 0.1) is 11.5 Å². The Kier molecular flexibility index (Phi) is 3.90. The SMILES string of the molecule is CC1(C#N)CCN(C(=O)C2CCCCC2(C)C)CC1. The smallest absolute Gasteiger partial charge is 0.226 e. The van der Waals surface area contributed by atoms with E-state index >= 15 is 0 Å². The molecule has 1 aliphatic heterocycles. The minimum absolute atomic E-state index is 0.144. The quantitative estimate of drug-likeness (QED) is 0.727. The van der Waals surface area contributed by atoms with Gasteiger partial charge in [0.1, 0.15) is 0 Å². The molecular weight excluding hydrogens is 236 g/mol. The Balaban J connectivity index is 2.00. The maximum Gasteiger partial charge on any atom is 0.226 e. The summed E-state index contributed by atoms with van der Waals surface area (Å²) < 4.78 is 0. The van der Waals surface area contributed by atoms with Gasteiger partial charge in [-0.2, -0.15) is 5.26 Å². The van der Waals surface area contributed by atoms with Gasteiger partial charge in [-0.25, -0.2) is 0 Å². The molecule has 3 heteroatoms. The second-order valence-electron chi connectivity index (χ2n) is 7.28. The number of nitriles is 1. The molecule has 1 atom stereocenters. The normalized spacial score (nSPS) is 29.6. The summed E-state index contributed by atoms with van der Waals surface area (Å²) in [4.78, 5) is 14.7. The second kappa shape index (κ2) is 5.15. The van der Waals surface area contributed by atoms with E-state index < -0.39 is 0 Å². The van der Waals surface area contributed by atoms with Crippen molar-refractivity contribution in [3.05, 3.63) is 0 Å². The molecule has 0 aromatic carbocycles. The Bertz CT molecular complexity index is 386. The van der Waals surface area contributed by atoms with E-state index in [1.807, 2.05) is 11.8 Å². The molecule has 0 radical (unpaired) electrons. The van der Waals surface area contributed by atoms with Gasteiger partial charge in [0.2, 0.25) is 5.91 Å². The first-order valence-electron chi connectivity index (χ1n) is 7.58. The van der Waals surface area contributed by atoms with Crippen LogP contribution in [-0.2, 0) is 4.79 Å². The largest absolute Gasteiger partial charge is 0.342 e. The molecule has 0 spiro atoms. The minimum Gasteiger partial charge on any atom is -0.342 e. The van der Waals surface area contributed by atoms with E-state index in [9.17, 15) is 4.79 Å². The highest BCUT2D eigenvalue weighted by molar-refractivity contribution is 5.79. The molecule has 1 unspecified atom stereocenters. The van der Waals surface area contributed by atoms with Crippen LogP contribution in [0, 0.1) is 28.1 Å². The third-order valence-electron chi connectivity index (χ3n) is 5.25. The summed E-state index contributed by atoms with van der Waals surface area (Å²) in [6, 6.07) is 2.40. The van der Waals surface area contributed by atoms with Gasteiger partial charge in [0, 0.05) is 19.0 Å². The molecule has 0 aromatic rings. The van der Waals surface area contributed by atoms with Crippen molar-refractivity contribution in [3.8, 4) is 6.07 Å². The molecule has 1 saturated carbocycles. The molecule has 1 aliphatic carbocycles. The number of rotatable bonds is 1. The van der Waals surface area contributed by atoms with Crippen molar-refractivity contribution in [1.82, 2.24) is 4.90 Å². The zero-order valence-corrected chi connectivity index (χ0v) is 12.5. The number of carbonyl (C=O) groups excluding carboxylic acids is 1. The minimum atomic E-state index is -0.223. The molecule has 3 nitrogen and oxygen atoms in total. The Morgan fingerprint density at radius 2 is 1.79 bits per heavy atom. The van der Waals surface area contributed by atoms with Crippen molar-refractivity contribution >= 4 is 5.91 Å². The summed E-state index contributed by atoms with van der Waals surface area (Å²) in [6.07, 6.45) is 6.28. The molecule has 1 heterocycles. The molecule has 1 amide bonds. The summed E-state index contributed by atoms with van der Waals surface area (Å²) in [5.41, 5.74) is -0.0792. The van der Waals surface area contributed by atoms with E-state index in [2.05, 4.69) is 19.9 Å². The summed E-state index contributed by atoms with van der Waals surface area (Å²) >= 11 is 0. The summed E-state index contributed by atoms with van der Waals surface area (Å²) in [7, 11) is 0. The molecule has 1 saturated heterocycles. The van der Waals surface area contributed by atoms with E-state index in [1.54, 1.807) is 0 Å². The summed E-state index contributed by atoms with van der Waals surface area (Å²) in [6.45, 7) is 8.00. The first-order chi connectivity index (χ1) is 8.88. The Labute approximate surface area is 117 Å². The van der Waals surface area contributed by atoms with E-state index in [0.717, 1.165) is 38.8 Å². The van der Waals surface area contributed by atoms with Gasteiger partial charge in [-0.15, -0.1) is 0 Å². The average molecular weight is 262 g/mol. The number of carbonyl (C=O) groups is 1. The lowest BCUT2D eigenvalue weighted by Gasteiger charge is -2.42. The zero-order valence-electron chi connectivity index (χ0n) is 12.5. The number of hydrogen-bond acceptors (Lipinski definition) is 2.